The average Bonchev–Trinajstić information content (AvgIpc) is 3.09. The Balaban J connectivity index is 1.49. The third kappa shape index (κ3) is 2.80. The summed E-state index contributed by atoms with van der Waals surface area (Å²) in [5.41, 5.74) is 0.829. The molecule has 1 aromatic carbocycles. The number of nitrogens with zero attached hydrogens (tertiary/aromatic N) is 2. The zero-order valence-electron chi connectivity index (χ0n) is 13.6. The van der Waals surface area contributed by atoms with Gasteiger partial charge >= 0.3 is 0 Å². The van der Waals surface area contributed by atoms with Gasteiger partial charge < -0.3 is 10.4 Å². The zero-order valence-corrected chi connectivity index (χ0v) is 14.4. The minimum absolute atomic E-state index is 0.0375. The van der Waals surface area contributed by atoms with Gasteiger partial charge in [0.25, 0.3) is 5.91 Å². The van der Waals surface area contributed by atoms with Crippen LogP contribution in [0.5, 0.6) is 5.75 Å². The van der Waals surface area contributed by atoms with Crippen molar-refractivity contribution in [2.24, 2.45) is 5.92 Å². The molecule has 3 fully saturated rings. The molecule has 2 atom stereocenters. The van der Waals surface area contributed by atoms with Crippen molar-refractivity contribution in [3.05, 3.63) is 35.3 Å². The van der Waals surface area contributed by atoms with Crippen molar-refractivity contribution < 1.29 is 9.90 Å². The van der Waals surface area contributed by atoms with Gasteiger partial charge in [-0.15, -0.1) is 11.3 Å². The lowest BCUT2D eigenvalue weighted by Gasteiger charge is -2.49. The highest BCUT2D eigenvalue weighted by atomic mass is 32.1. The van der Waals surface area contributed by atoms with Crippen LogP contribution in [0.3, 0.4) is 0 Å². The van der Waals surface area contributed by atoms with Gasteiger partial charge in [-0.25, -0.2) is 4.98 Å². The summed E-state index contributed by atoms with van der Waals surface area (Å²) in [6.45, 7) is 4.52. The van der Waals surface area contributed by atoms with Crippen LogP contribution in [0.25, 0.3) is 10.6 Å². The van der Waals surface area contributed by atoms with Crippen LogP contribution in [-0.4, -0.2) is 46.1 Å². The van der Waals surface area contributed by atoms with Gasteiger partial charge in [-0.1, -0.05) is 12.1 Å². The van der Waals surface area contributed by atoms with Crippen LogP contribution in [0.4, 0.5) is 0 Å². The standard InChI is InChI=1S/C18H21N3O2S/c1-11-16(12-5-7-21(11)8-6-12)20-17(23)15-10-19-18(24-15)13-3-2-4-14(22)9-13/h2-4,9-12,16,22H,5-8H2,1H3,(H,20,23). The van der Waals surface area contributed by atoms with Crippen LogP contribution in [0.1, 0.15) is 29.4 Å². The van der Waals surface area contributed by atoms with E-state index in [-0.39, 0.29) is 17.7 Å². The molecule has 3 aliphatic rings. The third-order valence-electron chi connectivity index (χ3n) is 5.30. The summed E-state index contributed by atoms with van der Waals surface area (Å²) in [5, 5.41) is 13.6. The SMILES string of the molecule is CC1C(NC(=O)c2cnc(-c3cccc(O)c3)s2)C2CCN1CC2. The van der Waals surface area contributed by atoms with Crippen LogP contribution in [0.2, 0.25) is 0 Å². The molecular formula is C18H21N3O2S. The van der Waals surface area contributed by atoms with Gasteiger partial charge in [0, 0.05) is 17.6 Å². The molecule has 2 aromatic rings. The first-order valence-electron chi connectivity index (χ1n) is 8.42. The Bertz CT molecular complexity index is 750. The number of hydrogen-bond donors (Lipinski definition) is 2. The quantitative estimate of drug-likeness (QED) is 0.899. The van der Waals surface area contributed by atoms with E-state index in [9.17, 15) is 9.90 Å². The van der Waals surface area contributed by atoms with E-state index in [0.29, 0.717) is 16.8 Å². The smallest absolute Gasteiger partial charge is 0.263 e. The number of benzene rings is 1. The maximum atomic E-state index is 12.6. The molecule has 126 valence electrons. The summed E-state index contributed by atoms with van der Waals surface area (Å²) in [6.07, 6.45) is 3.98. The first-order chi connectivity index (χ1) is 11.6. The number of thiazole rings is 1. The van der Waals surface area contributed by atoms with Crippen LogP contribution in [0.15, 0.2) is 30.5 Å². The van der Waals surface area contributed by atoms with Crippen LogP contribution in [0, 0.1) is 5.92 Å². The minimum Gasteiger partial charge on any atom is -0.508 e. The fraction of sp³-hybridized carbons (Fsp3) is 0.444. The number of nitrogens with one attached hydrogen (secondary N) is 1. The van der Waals surface area contributed by atoms with Crippen molar-refractivity contribution in [2.45, 2.75) is 31.8 Å². The Labute approximate surface area is 145 Å². The molecule has 0 aliphatic carbocycles. The first-order valence-corrected chi connectivity index (χ1v) is 9.23. The van der Waals surface area contributed by atoms with Gasteiger partial charge in [-0.3, -0.25) is 9.69 Å². The number of phenolic OH excluding ortho intramolecular Hbond substituents is 1. The number of rotatable bonds is 3. The molecule has 2 bridgehead atoms. The third-order valence-corrected chi connectivity index (χ3v) is 6.34. The Morgan fingerprint density at radius 3 is 2.88 bits per heavy atom. The molecule has 2 N–H and O–H groups in total. The van der Waals surface area contributed by atoms with Gasteiger partial charge in [0.05, 0.1) is 6.20 Å². The minimum atomic E-state index is -0.0375. The van der Waals surface area contributed by atoms with Crippen molar-refractivity contribution in [2.75, 3.05) is 13.1 Å². The number of aromatic hydroxyl groups is 1. The Kier molecular flexibility index (Phi) is 4.02. The highest BCUT2D eigenvalue weighted by molar-refractivity contribution is 7.16. The van der Waals surface area contributed by atoms with Crippen LogP contribution >= 0.6 is 11.3 Å². The number of aromatic nitrogens is 1. The van der Waals surface area contributed by atoms with E-state index >= 15 is 0 Å². The lowest BCUT2D eigenvalue weighted by Crippen LogP contribution is -2.62. The topological polar surface area (TPSA) is 65.5 Å². The van der Waals surface area contributed by atoms with Gasteiger partial charge in [-0.2, -0.15) is 0 Å². The normalized spacial score (nSPS) is 28.7. The largest absolute Gasteiger partial charge is 0.508 e. The molecule has 0 spiro atoms. The van der Waals surface area contributed by atoms with Crippen LogP contribution < -0.4 is 5.32 Å². The van der Waals surface area contributed by atoms with Gasteiger partial charge in [0.2, 0.25) is 0 Å². The van der Waals surface area contributed by atoms with Gasteiger partial charge in [0.15, 0.2) is 0 Å². The zero-order chi connectivity index (χ0) is 16.7. The van der Waals surface area contributed by atoms with Crippen molar-refractivity contribution in [3.8, 4) is 16.3 Å². The summed E-state index contributed by atoms with van der Waals surface area (Å²) in [5.74, 6) is 0.756. The highest BCUT2D eigenvalue weighted by Gasteiger charge is 2.40. The summed E-state index contributed by atoms with van der Waals surface area (Å²) >= 11 is 1.36. The summed E-state index contributed by atoms with van der Waals surface area (Å²) in [7, 11) is 0. The molecule has 3 aliphatic heterocycles. The second-order valence-electron chi connectivity index (χ2n) is 6.69. The Hall–Kier alpha value is -1.92. The number of carbonyl (C=O) groups excluding carboxylic acids is 1. The molecule has 0 radical (unpaired) electrons. The number of hydrogen-bond acceptors (Lipinski definition) is 5. The molecule has 0 saturated carbocycles. The second-order valence-corrected chi connectivity index (χ2v) is 7.72. The van der Waals surface area contributed by atoms with Gasteiger partial charge in [0.1, 0.15) is 15.6 Å². The van der Waals surface area contributed by atoms with Crippen molar-refractivity contribution >= 4 is 17.2 Å². The Morgan fingerprint density at radius 1 is 1.38 bits per heavy atom. The van der Waals surface area contributed by atoms with E-state index in [1.54, 1.807) is 24.4 Å². The predicted octanol–water partition coefficient (Wildman–Crippen LogP) is 2.73. The van der Waals surface area contributed by atoms with E-state index in [1.807, 2.05) is 6.07 Å². The molecule has 3 saturated heterocycles. The van der Waals surface area contributed by atoms with Gasteiger partial charge in [-0.05, 0) is 50.9 Å². The molecular weight excluding hydrogens is 322 g/mol. The highest BCUT2D eigenvalue weighted by Crippen LogP contribution is 2.33. The average molecular weight is 343 g/mol. The van der Waals surface area contributed by atoms with E-state index in [2.05, 4.69) is 22.1 Å². The fourth-order valence-electron chi connectivity index (χ4n) is 3.92. The summed E-state index contributed by atoms with van der Waals surface area (Å²) in [4.78, 5) is 20.1. The predicted molar refractivity (Wildman–Crippen MR) is 94.2 cm³/mol. The van der Waals surface area contributed by atoms with E-state index in [4.69, 9.17) is 0 Å². The molecule has 4 heterocycles. The Morgan fingerprint density at radius 2 is 2.17 bits per heavy atom. The molecule has 5 rings (SSSR count). The number of piperidine rings is 3. The molecule has 2 unspecified atom stereocenters. The summed E-state index contributed by atoms with van der Waals surface area (Å²) in [6, 6.07) is 7.58. The molecule has 1 amide bonds. The van der Waals surface area contributed by atoms with Crippen molar-refractivity contribution in [1.82, 2.24) is 15.2 Å². The molecule has 5 nitrogen and oxygen atoms in total. The fourth-order valence-corrected chi connectivity index (χ4v) is 4.73. The number of fused-ring (bicyclic) bond motifs is 3. The van der Waals surface area contributed by atoms with Crippen LogP contribution in [-0.2, 0) is 0 Å². The van der Waals surface area contributed by atoms with Crippen molar-refractivity contribution in [1.29, 1.82) is 0 Å². The second kappa shape index (κ2) is 6.18. The maximum absolute atomic E-state index is 12.6. The number of carbonyl (C=O) groups is 1. The molecule has 24 heavy (non-hydrogen) atoms. The monoisotopic (exact) mass is 343 g/mol. The summed E-state index contributed by atoms with van der Waals surface area (Å²) < 4.78 is 0. The number of amides is 1. The first kappa shape index (κ1) is 15.6. The molecule has 6 heteroatoms. The van der Waals surface area contributed by atoms with E-state index < -0.39 is 0 Å². The lowest BCUT2D eigenvalue weighted by molar-refractivity contribution is 0.0218. The van der Waals surface area contributed by atoms with E-state index in [0.717, 1.165) is 23.7 Å². The maximum Gasteiger partial charge on any atom is 0.263 e. The van der Waals surface area contributed by atoms with Crippen molar-refractivity contribution in [3.63, 3.8) is 0 Å². The lowest BCUT2D eigenvalue weighted by atomic mass is 9.79. The van der Waals surface area contributed by atoms with E-state index in [1.165, 1.54) is 24.2 Å². The number of phenols is 1. The molecule has 1 aromatic heterocycles.